The summed E-state index contributed by atoms with van der Waals surface area (Å²) in [4.78, 5) is 22.5. The summed E-state index contributed by atoms with van der Waals surface area (Å²) in [5, 5.41) is 59.4. The Morgan fingerprint density at radius 3 is 0.793 bits per heavy atom. The van der Waals surface area contributed by atoms with Gasteiger partial charge >= 0.3 is 11.9 Å². The number of rotatable bonds is 9. The number of carboxylic acid groups (broad SMARTS) is 1. The Labute approximate surface area is 547 Å². The zero-order chi connectivity index (χ0) is 69.2. The lowest BCUT2D eigenvalue weighted by atomic mass is 9.85. The molecule has 10 rings (SSSR count). The largest absolute Gasteiger partial charge is 0.507 e. The van der Waals surface area contributed by atoms with Crippen molar-refractivity contribution in [3.8, 4) is 57.5 Å². The number of aliphatic carboxylic acids is 1. The van der Waals surface area contributed by atoms with Crippen molar-refractivity contribution in [2.75, 3.05) is 34.5 Å². The highest BCUT2D eigenvalue weighted by molar-refractivity contribution is 5.71. The molecule has 92 heavy (non-hydrogen) atoms. The number of phenolic OH excluding ortho intramolecular Hbond substituents is 5. The van der Waals surface area contributed by atoms with Gasteiger partial charge in [0.15, 0.2) is 0 Å². The van der Waals surface area contributed by atoms with Crippen LogP contribution in [0.5, 0.6) is 57.5 Å². The summed E-state index contributed by atoms with van der Waals surface area (Å²) < 4.78 is 45.9. The molecule has 16 heteroatoms. The minimum atomic E-state index is -0.851. The van der Waals surface area contributed by atoms with Crippen LogP contribution in [0.15, 0.2) is 0 Å². The van der Waals surface area contributed by atoms with Crippen molar-refractivity contribution in [2.45, 2.75) is 257 Å². The Bertz CT molecular complexity index is 3530. The van der Waals surface area contributed by atoms with Crippen molar-refractivity contribution < 1.29 is 78.1 Å². The lowest BCUT2D eigenvalue weighted by Crippen LogP contribution is -2.41. The summed E-state index contributed by atoms with van der Waals surface area (Å²) in [7, 11) is 4.79. The van der Waals surface area contributed by atoms with E-state index in [1.54, 1.807) is 14.2 Å². The van der Waals surface area contributed by atoms with E-state index >= 15 is 0 Å². The van der Waals surface area contributed by atoms with Gasteiger partial charge in [0.05, 0.1) is 33.2 Å². The number of carbonyl (C=O) groups is 2. The monoisotopic (exact) mass is 1280 g/mol. The molecule has 0 saturated heterocycles. The average Bonchev–Trinajstić information content (AvgIpc) is 0.831. The smallest absolute Gasteiger partial charge is 0.309 e. The van der Waals surface area contributed by atoms with Crippen LogP contribution < -0.4 is 23.7 Å². The number of benzene rings is 5. The SMILES string of the molecule is CCC1(C)CCc2c(C)c(O)c(C)c(C)c2O1.COC(=O)CC1(C)CCc2c(C)c(O)c(C)c(C)c2O1.COCC1(C)CCc2c(C)c(O)c(C)c(C)c2O1.COCC1(C)CCc2c(C)c(O)c(C)c(C)c2O1.Cc1c(C)c2c(c(C)c1O)CCC(C)(CC(=O)O)O2. The predicted molar refractivity (Wildman–Crippen MR) is 361 cm³/mol. The molecule has 0 amide bonds. The zero-order valence-corrected chi connectivity index (χ0v) is 59.9. The molecular formula is C76H108O16. The van der Waals surface area contributed by atoms with E-state index in [0.29, 0.717) is 48.4 Å². The number of hydrogen-bond donors (Lipinski definition) is 6. The van der Waals surface area contributed by atoms with Crippen molar-refractivity contribution in [3.05, 3.63) is 111 Å². The van der Waals surface area contributed by atoms with Gasteiger partial charge in [-0.3, -0.25) is 9.59 Å². The van der Waals surface area contributed by atoms with Crippen LogP contribution in [0.1, 0.15) is 204 Å². The Morgan fingerprint density at radius 1 is 0.348 bits per heavy atom. The van der Waals surface area contributed by atoms with E-state index in [4.69, 9.17) is 43.0 Å². The molecule has 5 atom stereocenters. The number of carboxylic acids is 1. The van der Waals surface area contributed by atoms with Gasteiger partial charge in [-0.1, -0.05) is 6.92 Å². The highest BCUT2D eigenvalue weighted by atomic mass is 16.6. The summed E-state index contributed by atoms with van der Waals surface area (Å²) in [6.45, 7) is 42.6. The maximum atomic E-state index is 11.5. The molecule has 5 heterocycles. The molecular weight excluding hydrogens is 1170 g/mol. The highest BCUT2D eigenvalue weighted by Gasteiger charge is 2.40. The Morgan fingerprint density at radius 2 is 0.565 bits per heavy atom. The Balaban J connectivity index is 0.000000183. The van der Waals surface area contributed by atoms with Gasteiger partial charge in [0.1, 0.15) is 85.5 Å². The van der Waals surface area contributed by atoms with Crippen molar-refractivity contribution in [1.82, 2.24) is 0 Å². The fourth-order valence-corrected chi connectivity index (χ4v) is 13.5. The normalized spacial score (nSPS) is 22.1. The van der Waals surface area contributed by atoms with E-state index in [9.17, 15) is 35.1 Å². The molecule has 0 spiro atoms. The first-order valence-electron chi connectivity index (χ1n) is 32.5. The fraction of sp³-hybridized carbons (Fsp3) is 0.579. The lowest BCUT2D eigenvalue weighted by Gasteiger charge is -2.37. The van der Waals surface area contributed by atoms with E-state index in [-0.39, 0.29) is 35.6 Å². The van der Waals surface area contributed by atoms with Crippen LogP contribution in [0, 0.1) is 104 Å². The zero-order valence-electron chi connectivity index (χ0n) is 59.9. The van der Waals surface area contributed by atoms with E-state index in [2.05, 4.69) is 27.7 Å². The standard InChI is InChI=1S/C16H22O4.C15H20O4.2C15H22O3.C15H22O2/c1-9-10(2)15-12(11(3)14(9)18)6-7-16(4,20-15)8-13(17)19-5;1-8-9(2)14-11(10(3)13(8)18)5-6-15(4,19-14)7-12(16)17;2*1-9-10(2)14-12(11(3)13(9)16)6-7-15(4,18-14)8-17-5;1-6-15(5)8-7-12-11(4)13(16)9(2)10(3)14(12)17-15/h18H,6-8H2,1-5H3;18H,5-7H2,1-4H3,(H,16,17);2*16H,6-8H2,1-5H3;16H,6-8H2,1-5H3. The fourth-order valence-electron chi connectivity index (χ4n) is 13.5. The first-order chi connectivity index (χ1) is 42.7. The maximum absolute atomic E-state index is 11.5. The first kappa shape index (κ1) is 74.0. The number of hydrogen-bond acceptors (Lipinski definition) is 15. The first-order valence-corrected chi connectivity index (χ1v) is 32.5. The Hall–Kier alpha value is -7.04. The third kappa shape index (κ3) is 15.3. The number of aromatic hydroxyl groups is 5. The molecule has 0 aromatic heterocycles. The van der Waals surface area contributed by atoms with Crippen molar-refractivity contribution in [2.24, 2.45) is 0 Å². The third-order valence-electron chi connectivity index (χ3n) is 20.9. The summed E-state index contributed by atoms with van der Waals surface area (Å²) in [6.07, 6.45) is 9.87. The number of fused-ring (bicyclic) bond motifs is 5. The summed E-state index contributed by atoms with van der Waals surface area (Å²) >= 11 is 0. The summed E-state index contributed by atoms with van der Waals surface area (Å²) in [5.41, 5.74) is 17.8. The van der Waals surface area contributed by atoms with Gasteiger partial charge in [-0.25, -0.2) is 0 Å². The average molecular weight is 1280 g/mol. The van der Waals surface area contributed by atoms with Gasteiger partial charge in [0, 0.05) is 42.0 Å². The quantitative estimate of drug-likeness (QED) is 0.0754. The molecule has 6 N–H and O–H groups in total. The van der Waals surface area contributed by atoms with Gasteiger partial charge in [-0.15, -0.1) is 0 Å². The van der Waals surface area contributed by atoms with Crippen molar-refractivity contribution in [1.29, 1.82) is 0 Å². The van der Waals surface area contributed by atoms with Gasteiger partial charge < -0.3 is 68.5 Å². The third-order valence-corrected chi connectivity index (χ3v) is 20.9. The number of methoxy groups -OCH3 is 3. The van der Waals surface area contributed by atoms with E-state index < -0.39 is 17.2 Å². The van der Waals surface area contributed by atoms with Crippen LogP contribution in [-0.4, -0.2) is 105 Å². The van der Waals surface area contributed by atoms with E-state index in [1.165, 1.54) is 12.7 Å². The van der Waals surface area contributed by atoms with Gasteiger partial charge in [0.25, 0.3) is 0 Å². The van der Waals surface area contributed by atoms with Gasteiger partial charge in [-0.05, 0) is 293 Å². The molecule has 5 aliphatic heterocycles. The second-order valence-electron chi connectivity index (χ2n) is 28.0. The van der Waals surface area contributed by atoms with Crippen LogP contribution in [-0.2, 0) is 55.9 Å². The van der Waals surface area contributed by atoms with Crippen molar-refractivity contribution >= 4 is 11.9 Å². The second-order valence-corrected chi connectivity index (χ2v) is 28.0. The molecule has 0 radical (unpaired) electrons. The van der Waals surface area contributed by atoms with Crippen LogP contribution >= 0.6 is 0 Å². The van der Waals surface area contributed by atoms with Crippen LogP contribution in [0.4, 0.5) is 0 Å². The molecule has 0 saturated carbocycles. The minimum absolute atomic E-state index is 0.00908. The summed E-state index contributed by atoms with van der Waals surface area (Å²) in [5.74, 6) is 5.26. The molecule has 5 unspecified atom stereocenters. The van der Waals surface area contributed by atoms with Crippen molar-refractivity contribution in [3.63, 3.8) is 0 Å². The molecule has 5 aromatic rings. The minimum Gasteiger partial charge on any atom is -0.507 e. The maximum Gasteiger partial charge on any atom is 0.309 e. The molecule has 0 fully saturated rings. The van der Waals surface area contributed by atoms with Gasteiger partial charge in [0.2, 0.25) is 0 Å². The highest BCUT2D eigenvalue weighted by Crippen LogP contribution is 2.49. The van der Waals surface area contributed by atoms with Crippen LogP contribution in [0.3, 0.4) is 0 Å². The van der Waals surface area contributed by atoms with E-state index in [0.717, 1.165) is 199 Å². The molecule has 5 aromatic carbocycles. The Kier molecular flexibility index (Phi) is 23.1. The predicted octanol–water partition coefficient (Wildman–Crippen LogP) is 15.7. The molecule has 508 valence electrons. The van der Waals surface area contributed by atoms with Crippen LogP contribution in [0.25, 0.3) is 0 Å². The number of carbonyl (C=O) groups excluding carboxylic acids is 1. The van der Waals surface area contributed by atoms with Gasteiger partial charge in [-0.2, -0.15) is 0 Å². The molecule has 16 nitrogen and oxygen atoms in total. The van der Waals surface area contributed by atoms with Crippen LogP contribution in [0.2, 0.25) is 0 Å². The molecule has 0 bridgehead atoms. The summed E-state index contributed by atoms with van der Waals surface area (Å²) in [6, 6.07) is 0. The molecule has 0 aliphatic carbocycles. The topological polar surface area (TPSA) is 229 Å². The molecule has 5 aliphatic rings. The number of ether oxygens (including phenoxy) is 8. The van der Waals surface area contributed by atoms with E-state index in [1.807, 2.05) is 118 Å². The lowest BCUT2D eigenvalue weighted by molar-refractivity contribution is -0.145. The second kappa shape index (κ2) is 28.7. The number of esters is 1. The number of phenols is 5.